The average Bonchev–Trinajstić information content (AvgIpc) is 2.50. The van der Waals surface area contributed by atoms with E-state index in [0.29, 0.717) is 18.7 Å². The zero-order chi connectivity index (χ0) is 15.1. The van der Waals surface area contributed by atoms with Gasteiger partial charge in [0, 0.05) is 25.7 Å². The quantitative estimate of drug-likeness (QED) is 0.786. The molecule has 4 heteroatoms. The first kappa shape index (κ1) is 16.4. The second-order valence-electron chi connectivity index (χ2n) is 5.93. The molecule has 1 aliphatic heterocycles. The van der Waals surface area contributed by atoms with Crippen molar-refractivity contribution in [3.05, 3.63) is 35.6 Å². The predicted molar refractivity (Wildman–Crippen MR) is 83.8 cm³/mol. The van der Waals surface area contributed by atoms with Gasteiger partial charge in [0.05, 0.1) is 6.10 Å². The Morgan fingerprint density at radius 3 is 2.57 bits per heavy atom. The highest BCUT2D eigenvalue weighted by Gasteiger charge is 2.23. The molecule has 1 aromatic carbocycles. The van der Waals surface area contributed by atoms with Crippen molar-refractivity contribution in [2.45, 2.75) is 44.8 Å². The number of likely N-dealkylation sites (tertiary alicyclic amines) is 1. The number of piperidine rings is 1. The molecule has 1 fully saturated rings. The predicted octanol–water partition coefficient (Wildman–Crippen LogP) is 2.59. The summed E-state index contributed by atoms with van der Waals surface area (Å²) in [5.41, 5.74) is 6.68. The minimum absolute atomic E-state index is 0.165. The molecule has 1 unspecified atom stereocenters. The number of rotatable bonds is 7. The van der Waals surface area contributed by atoms with E-state index in [1.807, 2.05) is 12.1 Å². The molecule has 2 rings (SSSR count). The third-order valence-corrected chi connectivity index (χ3v) is 4.25. The largest absolute Gasteiger partial charge is 0.378 e. The van der Waals surface area contributed by atoms with Crippen LogP contribution in [0.5, 0.6) is 0 Å². The van der Waals surface area contributed by atoms with E-state index in [2.05, 4.69) is 11.8 Å². The molecule has 1 aliphatic rings. The molecule has 3 nitrogen and oxygen atoms in total. The second kappa shape index (κ2) is 8.47. The highest BCUT2D eigenvalue weighted by molar-refractivity contribution is 5.17. The first-order chi connectivity index (χ1) is 10.2. The molecule has 1 saturated heterocycles. The van der Waals surface area contributed by atoms with Gasteiger partial charge in [0.2, 0.25) is 0 Å². The smallest absolute Gasteiger partial charge is 0.123 e. The lowest BCUT2D eigenvalue weighted by Gasteiger charge is -2.36. The van der Waals surface area contributed by atoms with Crippen molar-refractivity contribution in [1.29, 1.82) is 0 Å². The highest BCUT2D eigenvalue weighted by atomic mass is 19.1. The van der Waals surface area contributed by atoms with Crippen molar-refractivity contribution in [2.24, 2.45) is 5.73 Å². The van der Waals surface area contributed by atoms with Crippen molar-refractivity contribution in [3.63, 3.8) is 0 Å². The van der Waals surface area contributed by atoms with Gasteiger partial charge in [0.1, 0.15) is 5.82 Å². The van der Waals surface area contributed by atoms with E-state index < -0.39 is 0 Å². The standard InChI is InChI=1S/C17H27FN2O/c1-14(13-15-3-5-16(18)6-4-15)20-10-7-17(8-11-20)21-12-2-9-19/h3-6,14,17H,2,7-13,19H2,1H3. The molecule has 21 heavy (non-hydrogen) atoms. The van der Waals surface area contributed by atoms with Gasteiger partial charge in [-0.05, 0) is 56.8 Å². The average molecular weight is 294 g/mol. The fourth-order valence-corrected chi connectivity index (χ4v) is 2.91. The summed E-state index contributed by atoms with van der Waals surface area (Å²) in [6.45, 7) is 5.89. The van der Waals surface area contributed by atoms with E-state index in [1.54, 1.807) is 12.1 Å². The zero-order valence-corrected chi connectivity index (χ0v) is 12.9. The van der Waals surface area contributed by atoms with Crippen molar-refractivity contribution in [1.82, 2.24) is 4.90 Å². The zero-order valence-electron chi connectivity index (χ0n) is 12.9. The molecule has 1 atom stereocenters. The topological polar surface area (TPSA) is 38.5 Å². The maximum Gasteiger partial charge on any atom is 0.123 e. The monoisotopic (exact) mass is 294 g/mol. The molecule has 118 valence electrons. The van der Waals surface area contributed by atoms with Crippen molar-refractivity contribution in [3.8, 4) is 0 Å². The number of benzene rings is 1. The Kier molecular flexibility index (Phi) is 6.61. The molecule has 1 heterocycles. The van der Waals surface area contributed by atoms with Crippen LogP contribution in [0.2, 0.25) is 0 Å². The highest BCUT2D eigenvalue weighted by Crippen LogP contribution is 2.18. The van der Waals surface area contributed by atoms with Crippen molar-refractivity contribution in [2.75, 3.05) is 26.2 Å². The number of ether oxygens (including phenoxy) is 1. The van der Waals surface area contributed by atoms with Gasteiger partial charge in [0.25, 0.3) is 0 Å². The van der Waals surface area contributed by atoms with Crippen LogP contribution in [0.15, 0.2) is 24.3 Å². The van der Waals surface area contributed by atoms with E-state index in [4.69, 9.17) is 10.5 Å². The molecule has 1 aromatic rings. The Balaban J connectivity index is 1.72. The molecular formula is C17H27FN2O. The van der Waals surface area contributed by atoms with Crippen LogP contribution in [-0.2, 0) is 11.2 Å². The summed E-state index contributed by atoms with van der Waals surface area (Å²) < 4.78 is 18.8. The van der Waals surface area contributed by atoms with E-state index in [0.717, 1.165) is 45.4 Å². The van der Waals surface area contributed by atoms with Gasteiger partial charge in [-0.1, -0.05) is 12.1 Å². The van der Waals surface area contributed by atoms with Crippen LogP contribution in [0, 0.1) is 5.82 Å². The maximum atomic E-state index is 12.9. The molecule has 0 radical (unpaired) electrons. The lowest BCUT2D eigenvalue weighted by atomic mass is 10.0. The molecule has 0 amide bonds. The van der Waals surface area contributed by atoms with E-state index >= 15 is 0 Å². The molecule has 2 N–H and O–H groups in total. The lowest BCUT2D eigenvalue weighted by Crippen LogP contribution is -2.43. The van der Waals surface area contributed by atoms with Gasteiger partial charge in [-0.15, -0.1) is 0 Å². The maximum absolute atomic E-state index is 12.9. The molecular weight excluding hydrogens is 267 g/mol. The van der Waals surface area contributed by atoms with Gasteiger partial charge < -0.3 is 15.4 Å². The minimum atomic E-state index is -0.165. The summed E-state index contributed by atoms with van der Waals surface area (Å²) in [6, 6.07) is 7.34. The minimum Gasteiger partial charge on any atom is -0.378 e. The SMILES string of the molecule is CC(Cc1ccc(F)cc1)N1CCC(OCCCN)CC1. The molecule has 0 aliphatic carbocycles. The Morgan fingerprint density at radius 1 is 1.29 bits per heavy atom. The summed E-state index contributed by atoms with van der Waals surface area (Å²) in [5, 5.41) is 0. The van der Waals surface area contributed by atoms with E-state index in [9.17, 15) is 4.39 Å². The third-order valence-electron chi connectivity index (χ3n) is 4.25. The van der Waals surface area contributed by atoms with Gasteiger partial charge >= 0.3 is 0 Å². The van der Waals surface area contributed by atoms with E-state index in [-0.39, 0.29) is 5.82 Å². The number of halogens is 1. The summed E-state index contributed by atoms with van der Waals surface area (Å²) in [4.78, 5) is 2.51. The normalized spacial score (nSPS) is 18.8. The number of hydrogen-bond acceptors (Lipinski definition) is 3. The summed E-state index contributed by atoms with van der Waals surface area (Å²) in [5.74, 6) is -0.165. The Morgan fingerprint density at radius 2 is 1.95 bits per heavy atom. The van der Waals surface area contributed by atoms with Gasteiger partial charge in [0.15, 0.2) is 0 Å². The molecule has 0 spiro atoms. The van der Waals surface area contributed by atoms with Crippen LogP contribution in [0.25, 0.3) is 0 Å². The van der Waals surface area contributed by atoms with E-state index in [1.165, 1.54) is 5.56 Å². The van der Waals surface area contributed by atoms with Gasteiger partial charge in [-0.3, -0.25) is 0 Å². The summed E-state index contributed by atoms with van der Waals surface area (Å²) >= 11 is 0. The van der Waals surface area contributed by atoms with Crippen LogP contribution in [0.3, 0.4) is 0 Å². The second-order valence-corrected chi connectivity index (χ2v) is 5.93. The Labute approximate surface area is 127 Å². The number of hydrogen-bond donors (Lipinski definition) is 1. The van der Waals surface area contributed by atoms with Crippen LogP contribution in [0.1, 0.15) is 31.7 Å². The van der Waals surface area contributed by atoms with Gasteiger partial charge in [-0.2, -0.15) is 0 Å². The first-order valence-electron chi connectivity index (χ1n) is 7.99. The number of nitrogens with two attached hydrogens (primary N) is 1. The van der Waals surface area contributed by atoms with Crippen LogP contribution in [-0.4, -0.2) is 43.3 Å². The molecule has 0 saturated carbocycles. The lowest BCUT2D eigenvalue weighted by molar-refractivity contribution is -0.000418. The summed E-state index contributed by atoms with van der Waals surface area (Å²) in [6.07, 6.45) is 4.50. The molecule has 0 aromatic heterocycles. The fourth-order valence-electron chi connectivity index (χ4n) is 2.91. The Bertz CT molecular complexity index is 402. The first-order valence-corrected chi connectivity index (χ1v) is 7.99. The number of nitrogens with zero attached hydrogens (tertiary/aromatic N) is 1. The van der Waals surface area contributed by atoms with Crippen molar-refractivity contribution >= 4 is 0 Å². The Hall–Kier alpha value is -0.970. The third kappa shape index (κ3) is 5.38. The van der Waals surface area contributed by atoms with Gasteiger partial charge in [-0.25, -0.2) is 4.39 Å². The summed E-state index contributed by atoms with van der Waals surface area (Å²) in [7, 11) is 0. The molecule has 0 bridgehead atoms. The fraction of sp³-hybridized carbons (Fsp3) is 0.647. The van der Waals surface area contributed by atoms with Crippen LogP contribution in [0.4, 0.5) is 4.39 Å². The van der Waals surface area contributed by atoms with Crippen LogP contribution < -0.4 is 5.73 Å². The van der Waals surface area contributed by atoms with Crippen molar-refractivity contribution < 1.29 is 9.13 Å². The van der Waals surface area contributed by atoms with Crippen LogP contribution >= 0.6 is 0 Å².